The molecule has 3 aromatic rings. The van der Waals surface area contributed by atoms with Crippen LogP contribution in [0.1, 0.15) is 18.4 Å². The Kier molecular flexibility index (Phi) is 6.31. The number of nitrogens with zero attached hydrogens (tertiary/aromatic N) is 3. The minimum absolute atomic E-state index is 0.782. The number of rotatable bonds is 9. The summed E-state index contributed by atoms with van der Waals surface area (Å²) < 4.78 is 7.02. The van der Waals surface area contributed by atoms with Gasteiger partial charge in [-0.05, 0) is 43.7 Å². The van der Waals surface area contributed by atoms with Gasteiger partial charge in [0.15, 0.2) is 0 Å². The normalized spacial score (nSPS) is 10.9. The van der Waals surface area contributed by atoms with E-state index < -0.39 is 0 Å². The van der Waals surface area contributed by atoms with E-state index in [-0.39, 0.29) is 0 Å². The molecule has 5 nitrogen and oxygen atoms in total. The molecule has 0 aliphatic heterocycles. The summed E-state index contributed by atoms with van der Waals surface area (Å²) in [5.41, 5.74) is 4.23. The molecular formula is C20H24N4O. The van der Waals surface area contributed by atoms with Crippen LogP contribution in [-0.2, 0) is 11.3 Å². The second kappa shape index (κ2) is 9.11. The zero-order valence-electron chi connectivity index (χ0n) is 14.6. The molecule has 3 rings (SSSR count). The van der Waals surface area contributed by atoms with Crippen LogP contribution in [0.25, 0.3) is 16.9 Å². The molecule has 0 aliphatic rings. The molecule has 0 saturated carbocycles. The molecule has 0 bridgehead atoms. The third-order valence-corrected chi connectivity index (χ3v) is 4.01. The van der Waals surface area contributed by atoms with Crippen LogP contribution >= 0.6 is 0 Å². The summed E-state index contributed by atoms with van der Waals surface area (Å²) in [4.78, 5) is 4.23. The van der Waals surface area contributed by atoms with E-state index in [0.29, 0.717) is 0 Å². The lowest BCUT2D eigenvalue weighted by Crippen LogP contribution is -2.15. The Hall–Kier alpha value is -2.50. The maximum Gasteiger partial charge on any atom is 0.0988 e. The predicted octanol–water partition coefficient (Wildman–Crippen LogP) is 3.45. The fourth-order valence-electron chi connectivity index (χ4n) is 2.72. The fourth-order valence-corrected chi connectivity index (χ4v) is 2.72. The number of unbranched alkanes of at least 4 members (excludes halogenated alkanes) is 1. The molecule has 1 aromatic carbocycles. The van der Waals surface area contributed by atoms with Gasteiger partial charge in [-0.2, -0.15) is 5.10 Å². The number of pyridine rings is 1. The fraction of sp³-hybridized carbons (Fsp3) is 0.300. The largest absolute Gasteiger partial charge is 0.385 e. The lowest BCUT2D eigenvalue weighted by atomic mass is 10.1. The smallest absolute Gasteiger partial charge is 0.0988 e. The standard InChI is InChI=1S/C20H24N4O/c1-25-13-6-5-11-21-15-18-16-24(19-9-3-2-4-10-19)23-20(18)17-8-7-12-22-14-17/h2-4,7-10,12,14,16,21H,5-6,11,13,15H2,1H3. The lowest BCUT2D eigenvalue weighted by Gasteiger charge is -2.05. The second-order valence-electron chi connectivity index (χ2n) is 5.90. The molecule has 2 aromatic heterocycles. The van der Waals surface area contributed by atoms with Gasteiger partial charge in [0.1, 0.15) is 0 Å². The summed E-state index contributed by atoms with van der Waals surface area (Å²) in [5, 5.41) is 8.30. The molecule has 0 atom stereocenters. The SMILES string of the molecule is COCCCCNCc1cn(-c2ccccc2)nc1-c1cccnc1. The van der Waals surface area contributed by atoms with E-state index >= 15 is 0 Å². The van der Waals surface area contributed by atoms with Crippen molar-refractivity contribution in [3.63, 3.8) is 0 Å². The second-order valence-corrected chi connectivity index (χ2v) is 5.90. The minimum Gasteiger partial charge on any atom is -0.385 e. The molecule has 2 heterocycles. The van der Waals surface area contributed by atoms with Crippen LogP contribution in [0.4, 0.5) is 0 Å². The highest BCUT2D eigenvalue weighted by Crippen LogP contribution is 2.22. The highest BCUT2D eigenvalue weighted by Gasteiger charge is 2.12. The van der Waals surface area contributed by atoms with Gasteiger partial charge in [0, 0.05) is 50.0 Å². The van der Waals surface area contributed by atoms with E-state index in [1.807, 2.05) is 41.2 Å². The first kappa shape index (κ1) is 17.3. The highest BCUT2D eigenvalue weighted by molar-refractivity contribution is 5.62. The van der Waals surface area contributed by atoms with Gasteiger partial charge in [-0.1, -0.05) is 18.2 Å². The van der Waals surface area contributed by atoms with E-state index in [4.69, 9.17) is 9.84 Å². The van der Waals surface area contributed by atoms with Crippen LogP contribution in [0.3, 0.4) is 0 Å². The average Bonchev–Trinajstić information content (AvgIpc) is 3.10. The van der Waals surface area contributed by atoms with Crippen molar-refractivity contribution in [3.8, 4) is 16.9 Å². The molecule has 0 fully saturated rings. The Morgan fingerprint density at radius 2 is 1.96 bits per heavy atom. The van der Waals surface area contributed by atoms with Gasteiger partial charge in [0.25, 0.3) is 0 Å². The molecule has 130 valence electrons. The van der Waals surface area contributed by atoms with E-state index in [9.17, 15) is 0 Å². The Morgan fingerprint density at radius 3 is 2.72 bits per heavy atom. The summed E-state index contributed by atoms with van der Waals surface area (Å²) in [7, 11) is 1.74. The first-order chi connectivity index (χ1) is 12.4. The molecule has 0 unspecified atom stereocenters. The monoisotopic (exact) mass is 336 g/mol. The molecular weight excluding hydrogens is 312 g/mol. The van der Waals surface area contributed by atoms with Crippen LogP contribution in [0.2, 0.25) is 0 Å². The summed E-state index contributed by atoms with van der Waals surface area (Å²) in [6, 6.07) is 14.2. The Labute approximate surface area is 148 Å². The molecule has 0 radical (unpaired) electrons. The zero-order valence-corrected chi connectivity index (χ0v) is 14.6. The number of aromatic nitrogens is 3. The summed E-state index contributed by atoms with van der Waals surface area (Å²) in [6.45, 7) is 2.56. The van der Waals surface area contributed by atoms with Gasteiger partial charge in [-0.3, -0.25) is 4.98 Å². The van der Waals surface area contributed by atoms with Crippen molar-refractivity contribution in [3.05, 3.63) is 66.6 Å². The molecule has 25 heavy (non-hydrogen) atoms. The maximum atomic E-state index is 5.09. The summed E-state index contributed by atoms with van der Waals surface area (Å²) >= 11 is 0. The number of methoxy groups -OCH3 is 1. The van der Waals surface area contributed by atoms with Crippen molar-refractivity contribution in [2.75, 3.05) is 20.3 Å². The quantitative estimate of drug-likeness (QED) is 0.608. The Balaban J connectivity index is 1.76. The lowest BCUT2D eigenvalue weighted by molar-refractivity contribution is 0.192. The first-order valence-electron chi connectivity index (χ1n) is 8.62. The number of nitrogens with one attached hydrogen (secondary N) is 1. The minimum atomic E-state index is 0.782. The first-order valence-corrected chi connectivity index (χ1v) is 8.62. The van der Waals surface area contributed by atoms with E-state index in [0.717, 1.165) is 49.5 Å². The molecule has 0 spiro atoms. The van der Waals surface area contributed by atoms with Gasteiger partial charge >= 0.3 is 0 Å². The van der Waals surface area contributed by atoms with Crippen molar-refractivity contribution < 1.29 is 4.74 Å². The molecule has 1 N–H and O–H groups in total. The maximum absolute atomic E-state index is 5.09. The van der Waals surface area contributed by atoms with Gasteiger partial charge < -0.3 is 10.1 Å². The van der Waals surface area contributed by atoms with Crippen LogP contribution in [0.5, 0.6) is 0 Å². The van der Waals surface area contributed by atoms with Crippen molar-refractivity contribution in [1.29, 1.82) is 0 Å². The number of ether oxygens (including phenoxy) is 1. The van der Waals surface area contributed by atoms with Crippen molar-refractivity contribution in [1.82, 2.24) is 20.1 Å². The number of para-hydroxylation sites is 1. The zero-order chi connectivity index (χ0) is 17.3. The van der Waals surface area contributed by atoms with Gasteiger partial charge in [-0.25, -0.2) is 4.68 Å². The molecule has 0 saturated heterocycles. The van der Waals surface area contributed by atoms with E-state index in [1.54, 1.807) is 13.3 Å². The van der Waals surface area contributed by atoms with E-state index in [1.165, 1.54) is 5.56 Å². The Morgan fingerprint density at radius 1 is 1.08 bits per heavy atom. The van der Waals surface area contributed by atoms with Crippen LogP contribution in [0.15, 0.2) is 61.1 Å². The van der Waals surface area contributed by atoms with Gasteiger partial charge in [0.05, 0.1) is 11.4 Å². The summed E-state index contributed by atoms with van der Waals surface area (Å²) in [5.74, 6) is 0. The third-order valence-electron chi connectivity index (χ3n) is 4.01. The molecule has 0 aliphatic carbocycles. The predicted molar refractivity (Wildman–Crippen MR) is 99.6 cm³/mol. The van der Waals surface area contributed by atoms with Crippen molar-refractivity contribution >= 4 is 0 Å². The molecule has 0 amide bonds. The average molecular weight is 336 g/mol. The van der Waals surface area contributed by atoms with Crippen molar-refractivity contribution in [2.45, 2.75) is 19.4 Å². The van der Waals surface area contributed by atoms with Gasteiger partial charge in [-0.15, -0.1) is 0 Å². The van der Waals surface area contributed by atoms with Crippen LogP contribution in [0, 0.1) is 0 Å². The van der Waals surface area contributed by atoms with Crippen LogP contribution < -0.4 is 5.32 Å². The van der Waals surface area contributed by atoms with Crippen LogP contribution in [-0.4, -0.2) is 35.0 Å². The number of hydrogen-bond donors (Lipinski definition) is 1. The highest BCUT2D eigenvalue weighted by atomic mass is 16.5. The van der Waals surface area contributed by atoms with Gasteiger partial charge in [0.2, 0.25) is 0 Å². The number of hydrogen-bond acceptors (Lipinski definition) is 4. The topological polar surface area (TPSA) is 52.0 Å². The third kappa shape index (κ3) is 4.75. The summed E-state index contributed by atoms with van der Waals surface area (Å²) in [6.07, 6.45) is 7.91. The van der Waals surface area contributed by atoms with Crippen molar-refractivity contribution in [2.24, 2.45) is 0 Å². The number of benzene rings is 1. The Bertz CT molecular complexity index is 756. The molecule has 5 heteroatoms. The van der Waals surface area contributed by atoms with E-state index in [2.05, 4.69) is 28.6 Å².